The summed E-state index contributed by atoms with van der Waals surface area (Å²) in [5, 5.41) is 20.3. The highest BCUT2D eigenvalue weighted by atomic mass is 16.5. The lowest BCUT2D eigenvalue weighted by Gasteiger charge is -2.38. The van der Waals surface area contributed by atoms with Gasteiger partial charge in [-0.3, -0.25) is 4.79 Å². The first kappa shape index (κ1) is 16.7. The topological polar surface area (TPSA) is 92.8 Å². The molecule has 0 saturated carbocycles. The number of aryl methyl sites for hydroxylation is 1. The van der Waals surface area contributed by atoms with E-state index < -0.39 is 24.2 Å². The number of hydrogen-bond donors (Lipinski definition) is 3. The van der Waals surface area contributed by atoms with E-state index in [2.05, 4.69) is 0 Å². The summed E-state index contributed by atoms with van der Waals surface area (Å²) >= 11 is 0. The molecular weight excluding hydrogens is 257 g/mol. The van der Waals surface area contributed by atoms with Crippen LogP contribution >= 0.6 is 0 Å². The zero-order chi connectivity index (χ0) is 15.7. The molecule has 0 fully saturated rings. The average molecular weight is 279 g/mol. The number of carbonyl (C=O) groups excluding carboxylic acids is 1. The van der Waals surface area contributed by atoms with Gasteiger partial charge in [0, 0.05) is 5.56 Å². The number of amides is 1. The summed E-state index contributed by atoms with van der Waals surface area (Å²) in [7, 11) is -1.25. The van der Waals surface area contributed by atoms with Crippen molar-refractivity contribution in [2.75, 3.05) is 0 Å². The lowest BCUT2D eigenvalue weighted by molar-refractivity contribution is -0.0982. The third kappa shape index (κ3) is 3.59. The average Bonchev–Trinajstić information content (AvgIpc) is 2.26. The van der Waals surface area contributed by atoms with Gasteiger partial charge in [-0.15, -0.1) is 0 Å². The third-order valence-corrected chi connectivity index (χ3v) is 3.71. The summed E-state index contributed by atoms with van der Waals surface area (Å²) in [6.07, 6.45) is 0. The van der Waals surface area contributed by atoms with Crippen molar-refractivity contribution in [1.29, 1.82) is 0 Å². The highest BCUT2D eigenvalue weighted by Crippen LogP contribution is 2.25. The molecule has 4 N–H and O–H groups in total. The van der Waals surface area contributed by atoms with Crippen LogP contribution in [-0.2, 0) is 4.65 Å². The van der Waals surface area contributed by atoms with Crippen LogP contribution in [0.15, 0.2) is 18.2 Å². The Kier molecular flexibility index (Phi) is 4.64. The molecule has 0 unspecified atom stereocenters. The van der Waals surface area contributed by atoms with Crippen LogP contribution in [0.3, 0.4) is 0 Å². The van der Waals surface area contributed by atoms with E-state index in [1.807, 2.05) is 0 Å². The number of benzene rings is 1. The fourth-order valence-electron chi connectivity index (χ4n) is 1.55. The Balaban J connectivity index is 3.07. The number of aliphatic hydroxyl groups is 1. The fraction of sp³-hybridized carbons (Fsp3) is 0.500. The predicted molar refractivity (Wildman–Crippen MR) is 78.8 cm³/mol. The largest absolute Gasteiger partial charge is 0.491 e. The smallest absolute Gasteiger partial charge is 0.423 e. The molecular formula is C14H22BNO4. The molecule has 0 aliphatic rings. The summed E-state index contributed by atoms with van der Waals surface area (Å²) in [5.41, 5.74) is 4.65. The van der Waals surface area contributed by atoms with Gasteiger partial charge in [-0.25, -0.2) is 0 Å². The first-order chi connectivity index (χ1) is 8.95. The van der Waals surface area contributed by atoms with Crippen molar-refractivity contribution in [1.82, 2.24) is 0 Å². The number of primary amides is 1. The van der Waals surface area contributed by atoms with Crippen LogP contribution in [0.1, 0.15) is 43.6 Å². The van der Waals surface area contributed by atoms with E-state index in [1.54, 1.807) is 46.8 Å². The minimum atomic E-state index is -1.25. The van der Waals surface area contributed by atoms with Gasteiger partial charge in [0.25, 0.3) is 0 Å². The van der Waals surface area contributed by atoms with Gasteiger partial charge in [0.2, 0.25) is 5.91 Å². The molecule has 20 heavy (non-hydrogen) atoms. The summed E-state index contributed by atoms with van der Waals surface area (Å²) in [5.74, 6) is -0.569. The Bertz CT molecular complexity index is 508. The van der Waals surface area contributed by atoms with Gasteiger partial charge >= 0.3 is 7.12 Å². The van der Waals surface area contributed by atoms with E-state index in [1.165, 1.54) is 6.07 Å². The van der Waals surface area contributed by atoms with Crippen LogP contribution in [0.2, 0.25) is 0 Å². The maximum absolute atomic E-state index is 11.2. The molecule has 0 aliphatic heterocycles. The van der Waals surface area contributed by atoms with Crippen molar-refractivity contribution >= 4 is 18.5 Å². The van der Waals surface area contributed by atoms with Crippen molar-refractivity contribution in [3.05, 3.63) is 29.3 Å². The Morgan fingerprint density at radius 1 is 1.30 bits per heavy atom. The Labute approximate surface area is 119 Å². The molecule has 0 bridgehead atoms. The first-order valence-corrected chi connectivity index (χ1v) is 6.44. The van der Waals surface area contributed by atoms with Crippen LogP contribution in [0.25, 0.3) is 0 Å². The molecule has 110 valence electrons. The first-order valence-electron chi connectivity index (χ1n) is 6.44. The molecule has 0 heterocycles. The van der Waals surface area contributed by atoms with Gasteiger partial charge in [-0.1, -0.05) is 11.6 Å². The minimum Gasteiger partial charge on any atom is -0.423 e. The molecule has 1 aromatic rings. The highest BCUT2D eigenvalue weighted by molar-refractivity contribution is 6.60. The molecule has 1 amide bonds. The van der Waals surface area contributed by atoms with Crippen LogP contribution in [0, 0.1) is 6.92 Å². The second-order valence-electron chi connectivity index (χ2n) is 5.98. The molecule has 0 spiro atoms. The van der Waals surface area contributed by atoms with Crippen molar-refractivity contribution in [3.8, 4) is 0 Å². The lowest BCUT2D eigenvalue weighted by atomic mass is 9.73. The van der Waals surface area contributed by atoms with Crippen molar-refractivity contribution in [2.45, 2.75) is 45.8 Å². The quantitative estimate of drug-likeness (QED) is 0.678. The summed E-state index contributed by atoms with van der Waals surface area (Å²) in [6, 6.07) is 4.79. The van der Waals surface area contributed by atoms with E-state index in [0.29, 0.717) is 11.0 Å². The van der Waals surface area contributed by atoms with Gasteiger partial charge in [0.1, 0.15) is 0 Å². The molecule has 0 atom stereocenters. The fourth-order valence-corrected chi connectivity index (χ4v) is 1.55. The molecule has 5 nitrogen and oxygen atoms in total. The van der Waals surface area contributed by atoms with Gasteiger partial charge in [-0.05, 0) is 52.2 Å². The van der Waals surface area contributed by atoms with E-state index in [9.17, 15) is 14.9 Å². The van der Waals surface area contributed by atoms with Crippen LogP contribution in [0.5, 0.6) is 0 Å². The zero-order valence-electron chi connectivity index (χ0n) is 12.6. The number of hydrogen-bond acceptors (Lipinski definition) is 4. The van der Waals surface area contributed by atoms with E-state index in [-0.39, 0.29) is 0 Å². The Hall–Kier alpha value is -1.37. The maximum atomic E-state index is 11.2. The van der Waals surface area contributed by atoms with Crippen molar-refractivity contribution in [2.24, 2.45) is 5.73 Å². The predicted octanol–water partition coefficient (Wildman–Crippen LogP) is 0.348. The van der Waals surface area contributed by atoms with Crippen LogP contribution < -0.4 is 11.2 Å². The van der Waals surface area contributed by atoms with Gasteiger partial charge in [0.05, 0.1) is 11.2 Å². The molecule has 0 aromatic heterocycles. The normalized spacial score (nSPS) is 12.3. The standard InChI is InChI=1S/C14H22BNO4/c1-9-6-7-10(12(16)17)8-11(9)15(19)20-14(4,5)13(2,3)18/h6-8,18-19H,1-5H3,(H2,16,17). The number of carbonyl (C=O) groups is 1. The summed E-state index contributed by atoms with van der Waals surface area (Å²) < 4.78 is 5.56. The molecule has 0 saturated heterocycles. The summed E-state index contributed by atoms with van der Waals surface area (Å²) in [6.45, 7) is 8.37. The monoisotopic (exact) mass is 279 g/mol. The summed E-state index contributed by atoms with van der Waals surface area (Å²) in [4.78, 5) is 11.2. The minimum absolute atomic E-state index is 0.300. The van der Waals surface area contributed by atoms with Crippen molar-refractivity contribution < 1.29 is 19.6 Å². The highest BCUT2D eigenvalue weighted by Gasteiger charge is 2.39. The van der Waals surface area contributed by atoms with Gasteiger partial charge < -0.3 is 20.5 Å². The van der Waals surface area contributed by atoms with Crippen LogP contribution in [-0.4, -0.2) is 34.4 Å². The van der Waals surface area contributed by atoms with Crippen molar-refractivity contribution in [3.63, 3.8) is 0 Å². The van der Waals surface area contributed by atoms with E-state index in [0.717, 1.165) is 5.56 Å². The second kappa shape index (κ2) is 5.56. The van der Waals surface area contributed by atoms with E-state index >= 15 is 0 Å². The molecule has 0 aliphatic carbocycles. The van der Waals surface area contributed by atoms with E-state index in [4.69, 9.17) is 10.4 Å². The third-order valence-electron chi connectivity index (χ3n) is 3.71. The molecule has 0 radical (unpaired) electrons. The van der Waals surface area contributed by atoms with Crippen LogP contribution in [0.4, 0.5) is 0 Å². The molecule has 1 rings (SSSR count). The maximum Gasteiger partial charge on any atom is 0.491 e. The number of nitrogens with two attached hydrogens (primary N) is 1. The lowest BCUT2D eigenvalue weighted by Crippen LogP contribution is -2.53. The Morgan fingerprint density at radius 2 is 1.85 bits per heavy atom. The van der Waals surface area contributed by atoms with Gasteiger partial charge in [-0.2, -0.15) is 0 Å². The Morgan fingerprint density at radius 3 is 2.30 bits per heavy atom. The second-order valence-corrected chi connectivity index (χ2v) is 5.98. The SMILES string of the molecule is Cc1ccc(C(N)=O)cc1B(O)OC(C)(C)C(C)(C)O. The number of rotatable bonds is 5. The molecule has 1 aromatic carbocycles. The van der Waals surface area contributed by atoms with Gasteiger partial charge in [0.15, 0.2) is 0 Å². The zero-order valence-corrected chi connectivity index (χ0v) is 12.6. The molecule has 6 heteroatoms.